The maximum absolute atomic E-state index is 12.0. The summed E-state index contributed by atoms with van der Waals surface area (Å²) in [4.78, 5) is 47.4. The van der Waals surface area contributed by atoms with Crippen LogP contribution in [0.2, 0.25) is 5.02 Å². The van der Waals surface area contributed by atoms with E-state index >= 15 is 0 Å². The molecule has 0 aliphatic rings. The van der Waals surface area contributed by atoms with E-state index in [9.17, 15) is 19.2 Å². The SMILES string of the molecule is CCNC(=O)COc1cccc(NC(=O)C(=O)NCCNC(=O)c2ccccc2Cl)c1. The molecular formula is C21H23ClN4O5. The Morgan fingerprint density at radius 1 is 0.903 bits per heavy atom. The van der Waals surface area contributed by atoms with Crippen LogP contribution >= 0.6 is 11.6 Å². The third-order valence-corrected chi connectivity index (χ3v) is 4.19. The largest absolute Gasteiger partial charge is 0.484 e. The minimum atomic E-state index is -0.877. The molecule has 0 fully saturated rings. The molecule has 0 heterocycles. The summed E-state index contributed by atoms with van der Waals surface area (Å²) in [5.41, 5.74) is 0.656. The summed E-state index contributed by atoms with van der Waals surface area (Å²) in [5, 5.41) is 10.4. The van der Waals surface area contributed by atoms with Gasteiger partial charge in [0.05, 0.1) is 10.6 Å². The summed E-state index contributed by atoms with van der Waals surface area (Å²) in [5.74, 6) is -2.02. The molecule has 4 amide bonds. The summed E-state index contributed by atoms with van der Waals surface area (Å²) in [6.07, 6.45) is 0. The van der Waals surface area contributed by atoms with E-state index in [1.807, 2.05) is 0 Å². The van der Waals surface area contributed by atoms with Crippen LogP contribution in [-0.2, 0) is 14.4 Å². The van der Waals surface area contributed by atoms with Crippen molar-refractivity contribution in [1.29, 1.82) is 0 Å². The predicted molar refractivity (Wildman–Crippen MR) is 116 cm³/mol. The van der Waals surface area contributed by atoms with Crippen LogP contribution in [0.3, 0.4) is 0 Å². The van der Waals surface area contributed by atoms with Crippen LogP contribution in [0.1, 0.15) is 17.3 Å². The van der Waals surface area contributed by atoms with Crippen LogP contribution in [0.5, 0.6) is 5.75 Å². The van der Waals surface area contributed by atoms with Crippen molar-refractivity contribution in [2.24, 2.45) is 0 Å². The molecule has 164 valence electrons. The van der Waals surface area contributed by atoms with E-state index < -0.39 is 11.8 Å². The second-order valence-corrected chi connectivity index (χ2v) is 6.62. The van der Waals surface area contributed by atoms with Gasteiger partial charge in [0.2, 0.25) is 0 Å². The number of halogens is 1. The fourth-order valence-corrected chi connectivity index (χ4v) is 2.64. The molecule has 0 atom stereocenters. The highest BCUT2D eigenvalue weighted by Crippen LogP contribution is 2.17. The Balaban J connectivity index is 1.75. The molecule has 0 spiro atoms. The molecule has 0 saturated heterocycles. The minimum Gasteiger partial charge on any atom is -0.484 e. The highest BCUT2D eigenvalue weighted by atomic mass is 35.5. The lowest BCUT2D eigenvalue weighted by Crippen LogP contribution is -2.40. The molecule has 0 aliphatic carbocycles. The van der Waals surface area contributed by atoms with Crippen molar-refractivity contribution in [2.75, 3.05) is 31.6 Å². The fourth-order valence-electron chi connectivity index (χ4n) is 2.42. The first-order valence-corrected chi connectivity index (χ1v) is 9.90. The number of ether oxygens (including phenoxy) is 1. The molecule has 0 saturated carbocycles. The Morgan fingerprint density at radius 3 is 2.39 bits per heavy atom. The lowest BCUT2D eigenvalue weighted by molar-refractivity contribution is -0.136. The molecule has 4 N–H and O–H groups in total. The van der Waals surface area contributed by atoms with Gasteiger partial charge in [0.25, 0.3) is 11.8 Å². The molecule has 2 aromatic rings. The molecule has 2 aromatic carbocycles. The molecule has 9 nitrogen and oxygen atoms in total. The maximum Gasteiger partial charge on any atom is 0.313 e. The number of benzene rings is 2. The zero-order chi connectivity index (χ0) is 22.6. The summed E-state index contributed by atoms with van der Waals surface area (Å²) in [6.45, 7) is 2.30. The summed E-state index contributed by atoms with van der Waals surface area (Å²) in [6, 6.07) is 12.9. The molecule has 0 aromatic heterocycles. The van der Waals surface area contributed by atoms with Crippen molar-refractivity contribution < 1.29 is 23.9 Å². The fraction of sp³-hybridized carbons (Fsp3) is 0.238. The molecule has 0 radical (unpaired) electrons. The highest BCUT2D eigenvalue weighted by molar-refractivity contribution is 6.39. The van der Waals surface area contributed by atoms with E-state index in [-0.39, 0.29) is 31.5 Å². The van der Waals surface area contributed by atoms with Crippen LogP contribution < -0.4 is 26.0 Å². The summed E-state index contributed by atoms with van der Waals surface area (Å²) in [7, 11) is 0. The average Bonchev–Trinajstić information content (AvgIpc) is 2.75. The molecule has 0 unspecified atom stereocenters. The molecule has 10 heteroatoms. The first kappa shape index (κ1) is 23.7. The Hall–Kier alpha value is -3.59. The van der Waals surface area contributed by atoms with Crippen LogP contribution in [0.25, 0.3) is 0 Å². The molecular weight excluding hydrogens is 424 g/mol. The Morgan fingerprint density at radius 2 is 1.65 bits per heavy atom. The van der Waals surface area contributed by atoms with Crippen LogP contribution in [0, 0.1) is 0 Å². The topological polar surface area (TPSA) is 126 Å². The Bertz CT molecular complexity index is 951. The van der Waals surface area contributed by atoms with Gasteiger partial charge in [-0.1, -0.05) is 29.8 Å². The van der Waals surface area contributed by atoms with Gasteiger partial charge in [-0.2, -0.15) is 0 Å². The van der Waals surface area contributed by atoms with Gasteiger partial charge in [-0.15, -0.1) is 0 Å². The molecule has 31 heavy (non-hydrogen) atoms. The predicted octanol–water partition coefficient (Wildman–Crippen LogP) is 1.34. The third-order valence-electron chi connectivity index (χ3n) is 3.86. The maximum atomic E-state index is 12.0. The van der Waals surface area contributed by atoms with E-state index in [1.165, 1.54) is 6.07 Å². The van der Waals surface area contributed by atoms with E-state index in [0.717, 1.165) is 0 Å². The van der Waals surface area contributed by atoms with Crippen molar-refractivity contribution in [3.05, 3.63) is 59.1 Å². The summed E-state index contributed by atoms with van der Waals surface area (Å²) >= 11 is 5.95. The van der Waals surface area contributed by atoms with Gasteiger partial charge in [-0.3, -0.25) is 19.2 Å². The second-order valence-electron chi connectivity index (χ2n) is 6.22. The smallest absolute Gasteiger partial charge is 0.313 e. The number of amides is 4. The van der Waals surface area contributed by atoms with Crippen molar-refractivity contribution in [3.8, 4) is 5.75 Å². The first-order valence-electron chi connectivity index (χ1n) is 9.52. The minimum absolute atomic E-state index is 0.0537. The van der Waals surface area contributed by atoms with E-state index in [2.05, 4.69) is 21.3 Å². The number of carbonyl (C=O) groups excluding carboxylic acids is 4. The standard InChI is InChI=1S/C21H23ClN4O5/c1-2-23-18(27)13-31-15-7-5-6-14(12-15)26-21(30)20(29)25-11-10-24-19(28)16-8-3-4-9-17(16)22/h3-9,12H,2,10-11,13H2,1H3,(H,23,27)(H,24,28)(H,25,29)(H,26,30). The van der Waals surface area contributed by atoms with Gasteiger partial charge < -0.3 is 26.0 Å². The van der Waals surface area contributed by atoms with E-state index in [4.69, 9.17) is 16.3 Å². The lowest BCUT2D eigenvalue weighted by atomic mass is 10.2. The average molecular weight is 447 g/mol. The molecule has 2 rings (SSSR count). The van der Waals surface area contributed by atoms with E-state index in [1.54, 1.807) is 49.4 Å². The quantitative estimate of drug-likeness (QED) is 0.341. The monoisotopic (exact) mass is 446 g/mol. The second kappa shape index (κ2) is 12.2. The highest BCUT2D eigenvalue weighted by Gasteiger charge is 2.14. The van der Waals surface area contributed by atoms with Crippen LogP contribution in [-0.4, -0.2) is 49.9 Å². The molecule has 0 bridgehead atoms. The molecule has 0 aliphatic heterocycles. The number of hydrogen-bond donors (Lipinski definition) is 4. The number of hydrogen-bond acceptors (Lipinski definition) is 5. The number of nitrogens with one attached hydrogen (secondary N) is 4. The van der Waals surface area contributed by atoms with Crippen molar-refractivity contribution in [3.63, 3.8) is 0 Å². The normalized spacial score (nSPS) is 10.0. The van der Waals surface area contributed by atoms with Crippen molar-refractivity contribution in [2.45, 2.75) is 6.92 Å². The van der Waals surface area contributed by atoms with Gasteiger partial charge in [-0.05, 0) is 31.2 Å². The number of likely N-dealkylation sites (N-methyl/N-ethyl adjacent to an activating group) is 1. The number of carbonyl (C=O) groups is 4. The van der Waals surface area contributed by atoms with Gasteiger partial charge in [0, 0.05) is 31.4 Å². The zero-order valence-corrected chi connectivity index (χ0v) is 17.6. The van der Waals surface area contributed by atoms with Crippen LogP contribution in [0.15, 0.2) is 48.5 Å². The number of anilines is 1. The third kappa shape index (κ3) is 7.98. The van der Waals surface area contributed by atoms with E-state index in [0.29, 0.717) is 28.6 Å². The van der Waals surface area contributed by atoms with Gasteiger partial charge in [-0.25, -0.2) is 0 Å². The Kier molecular flexibility index (Phi) is 9.31. The van der Waals surface area contributed by atoms with Gasteiger partial charge >= 0.3 is 11.8 Å². The first-order chi connectivity index (χ1) is 14.9. The summed E-state index contributed by atoms with van der Waals surface area (Å²) < 4.78 is 5.34. The van der Waals surface area contributed by atoms with Crippen molar-refractivity contribution >= 4 is 40.9 Å². The Labute approximate surface area is 184 Å². The number of rotatable bonds is 9. The zero-order valence-electron chi connectivity index (χ0n) is 16.9. The van der Waals surface area contributed by atoms with Crippen molar-refractivity contribution in [1.82, 2.24) is 16.0 Å². The van der Waals surface area contributed by atoms with Crippen LogP contribution in [0.4, 0.5) is 5.69 Å². The van der Waals surface area contributed by atoms with Gasteiger partial charge in [0.1, 0.15) is 5.75 Å². The lowest BCUT2D eigenvalue weighted by Gasteiger charge is -2.10. The van der Waals surface area contributed by atoms with Gasteiger partial charge in [0.15, 0.2) is 6.61 Å².